The molecule has 2 fully saturated rings. The number of piperazine rings is 1. The molecule has 4 rings (SSSR count). The summed E-state index contributed by atoms with van der Waals surface area (Å²) >= 11 is 0. The first-order valence-electron chi connectivity index (χ1n) is 10.4. The first-order chi connectivity index (χ1) is 14.2. The summed E-state index contributed by atoms with van der Waals surface area (Å²) in [5.41, 5.74) is 1.49. The number of piperidine rings is 1. The zero-order valence-electron chi connectivity index (χ0n) is 17.3. The maximum Gasteiger partial charge on any atom is 0.274 e. The highest BCUT2D eigenvalue weighted by Crippen LogP contribution is 2.28. The van der Waals surface area contributed by atoms with E-state index in [9.17, 15) is 4.79 Å². The van der Waals surface area contributed by atoms with Crippen molar-refractivity contribution >= 4 is 17.4 Å². The van der Waals surface area contributed by atoms with Crippen LogP contribution >= 0.6 is 0 Å². The molecule has 7 nitrogen and oxygen atoms in total. The van der Waals surface area contributed by atoms with Crippen molar-refractivity contribution in [2.75, 3.05) is 56.2 Å². The molecule has 2 saturated heterocycles. The van der Waals surface area contributed by atoms with Gasteiger partial charge in [0, 0.05) is 39.3 Å². The summed E-state index contributed by atoms with van der Waals surface area (Å²) in [6.45, 7) is 7.13. The predicted octanol–water partition coefficient (Wildman–Crippen LogP) is 2.68. The van der Waals surface area contributed by atoms with Crippen molar-refractivity contribution in [3.05, 3.63) is 42.1 Å². The van der Waals surface area contributed by atoms with Crippen molar-refractivity contribution in [2.45, 2.75) is 19.8 Å². The highest BCUT2D eigenvalue weighted by atomic mass is 16.5. The van der Waals surface area contributed by atoms with Crippen LogP contribution in [0.1, 0.15) is 30.3 Å². The number of anilines is 2. The highest BCUT2D eigenvalue weighted by Gasteiger charge is 2.25. The highest BCUT2D eigenvalue weighted by molar-refractivity contribution is 5.92. The lowest BCUT2D eigenvalue weighted by Gasteiger charge is -2.36. The number of carbonyl (C=O) groups excluding carboxylic acids is 1. The quantitative estimate of drug-likeness (QED) is 0.793. The molecule has 0 spiro atoms. The van der Waals surface area contributed by atoms with Crippen LogP contribution in [0.3, 0.4) is 0 Å². The number of aromatic nitrogens is 2. The normalized spacial score (nSPS) is 19.9. The lowest BCUT2D eigenvalue weighted by Crippen LogP contribution is -2.49. The van der Waals surface area contributed by atoms with Gasteiger partial charge < -0.3 is 19.4 Å². The number of amides is 1. The maximum absolute atomic E-state index is 12.9. The van der Waals surface area contributed by atoms with Crippen LogP contribution in [-0.2, 0) is 0 Å². The Morgan fingerprint density at radius 2 is 1.79 bits per heavy atom. The van der Waals surface area contributed by atoms with Gasteiger partial charge in [-0.25, -0.2) is 0 Å². The molecule has 1 unspecified atom stereocenters. The number of nitrogens with zero attached hydrogens (tertiary/aromatic N) is 5. The van der Waals surface area contributed by atoms with Gasteiger partial charge in [0.1, 0.15) is 5.75 Å². The second kappa shape index (κ2) is 8.68. The smallest absolute Gasteiger partial charge is 0.274 e. The largest absolute Gasteiger partial charge is 0.495 e. The Hall–Kier alpha value is -2.83. The van der Waals surface area contributed by atoms with E-state index in [0.29, 0.717) is 24.7 Å². The Kier molecular flexibility index (Phi) is 5.83. The molecule has 2 aliphatic heterocycles. The molecule has 154 valence electrons. The van der Waals surface area contributed by atoms with Crippen molar-refractivity contribution < 1.29 is 9.53 Å². The van der Waals surface area contributed by atoms with Crippen LogP contribution in [0.4, 0.5) is 11.5 Å². The Labute approximate surface area is 172 Å². The second-order valence-electron chi connectivity index (χ2n) is 7.92. The van der Waals surface area contributed by atoms with Crippen molar-refractivity contribution in [1.29, 1.82) is 0 Å². The Balaban J connectivity index is 1.37. The molecular formula is C22H29N5O2. The summed E-state index contributed by atoms with van der Waals surface area (Å²) in [7, 11) is 1.69. The van der Waals surface area contributed by atoms with Crippen LogP contribution in [0.25, 0.3) is 0 Å². The zero-order chi connectivity index (χ0) is 20.2. The van der Waals surface area contributed by atoms with E-state index >= 15 is 0 Å². The van der Waals surface area contributed by atoms with Crippen LogP contribution in [0, 0.1) is 5.92 Å². The minimum atomic E-state index is -0.0456. The average Bonchev–Trinajstić information content (AvgIpc) is 2.79. The molecule has 2 aliphatic rings. The molecule has 29 heavy (non-hydrogen) atoms. The summed E-state index contributed by atoms with van der Waals surface area (Å²) in [6, 6.07) is 11.7. The number of ether oxygens (including phenoxy) is 1. The molecule has 1 aromatic carbocycles. The van der Waals surface area contributed by atoms with Crippen LogP contribution in [0.5, 0.6) is 5.75 Å². The number of carbonyl (C=O) groups is 1. The van der Waals surface area contributed by atoms with Crippen molar-refractivity contribution in [1.82, 2.24) is 15.1 Å². The first-order valence-corrected chi connectivity index (χ1v) is 10.4. The van der Waals surface area contributed by atoms with E-state index < -0.39 is 0 Å². The summed E-state index contributed by atoms with van der Waals surface area (Å²) in [4.78, 5) is 19.3. The number of hydrogen-bond donors (Lipinski definition) is 0. The summed E-state index contributed by atoms with van der Waals surface area (Å²) < 4.78 is 5.47. The van der Waals surface area contributed by atoms with E-state index in [1.54, 1.807) is 7.11 Å². The molecule has 1 aromatic heterocycles. The van der Waals surface area contributed by atoms with Gasteiger partial charge in [-0.3, -0.25) is 4.79 Å². The van der Waals surface area contributed by atoms with E-state index in [-0.39, 0.29) is 5.91 Å². The third kappa shape index (κ3) is 4.28. The Morgan fingerprint density at radius 3 is 2.48 bits per heavy atom. The predicted molar refractivity (Wildman–Crippen MR) is 114 cm³/mol. The number of methoxy groups -OCH3 is 1. The summed E-state index contributed by atoms with van der Waals surface area (Å²) in [5, 5.41) is 8.58. The Morgan fingerprint density at radius 1 is 1.00 bits per heavy atom. The zero-order valence-corrected chi connectivity index (χ0v) is 17.3. The van der Waals surface area contributed by atoms with Crippen molar-refractivity contribution in [3.8, 4) is 5.75 Å². The van der Waals surface area contributed by atoms with E-state index in [0.717, 1.165) is 43.4 Å². The molecule has 0 aliphatic carbocycles. The fourth-order valence-electron chi connectivity index (χ4n) is 4.21. The van der Waals surface area contributed by atoms with Gasteiger partial charge >= 0.3 is 0 Å². The van der Waals surface area contributed by atoms with Crippen molar-refractivity contribution in [3.63, 3.8) is 0 Å². The molecule has 1 atom stereocenters. The molecule has 3 heterocycles. The third-order valence-corrected chi connectivity index (χ3v) is 5.84. The fourth-order valence-corrected chi connectivity index (χ4v) is 4.21. The van der Waals surface area contributed by atoms with Crippen molar-refractivity contribution in [2.24, 2.45) is 5.92 Å². The lowest BCUT2D eigenvalue weighted by atomic mass is 10.0. The fraction of sp³-hybridized carbons (Fsp3) is 0.500. The van der Waals surface area contributed by atoms with E-state index in [1.165, 1.54) is 12.8 Å². The topological polar surface area (TPSA) is 61.8 Å². The van der Waals surface area contributed by atoms with Gasteiger partial charge in [-0.1, -0.05) is 19.1 Å². The van der Waals surface area contributed by atoms with Crippen LogP contribution in [0.2, 0.25) is 0 Å². The van der Waals surface area contributed by atoms with E-state index in [2.05, 4.69) is 33.0 Å². The minimum Gasteiger partial charge on any atom is -0.495 e. The molecule has 0 bridgehead atoms. The number of hydrogen-bond acceptors (Lipinski definition) is 6. The van der Waals surface area contributed by atoms with E-state index in [4.69, 9.17) is 4.74 Å². The van der Waals surface area contributed by atoms with Crippen LogP contribution in [-0.4, -0.2) is 67.4 Å². The van der Waals surface area contributed by atoms with Crippen LogP contribution in [0.15, 0.2) is 36.4 Å². The number of benzene rings is 1. The van der Waals surface area contributed by atoms with Crippen LogP contribution < -0.4 is 14.5 Å². The second-order valence-corrected chi connectivity index (χ2v) is 7.92. The van der Waals surface area contributed by atoms with Gasteiger partial charge in [-0.2, -0.15) is 0 Å². The third-order valence-electron chi connectivity index (χ3n) is 5.84. The molecule has 0 radical (unpaired) electrons. The summed E-state index contributed by atoms with van der Waals surface area (Å²) in [6.07, 6.45) is 2.45. The molecule has 0 N–H and O–H groups in total. The number of para-hydroxylation sites is 2. The molecule has 7 heteroatoms. The summed E-state index contributed by atoms with van der Waals surface area (Å²) in [5.74, 6) is 2.36. The molecule has 0 saturated carbocycles. The maximum atomic E-state index is 12.9. The van der Waals surface area contributed by atoms with E-state index in [1.807, 2.05) is 35.2 Å². The van der Waals surface area contributed by atoms with Gasteiger partial charge in [0.15, 0.2) is 11.5 Å². The lowest BCUT2D eigenvalue weighted by molar-refractivity contribution is 0.0739. The first kappa shape index (κ1) is 19.5. The number of rotatable bonds is 4. The molecule has 2 aromatic rings. The average molecular weight is 396 g/mol. The monoisotopic (exact) mass is 395 g/mol. The minimum absolute atomic E-state index is 0.0456. The van der Waals surface area contributed by atoms with Gasteiger partial charge in [0.05, 0.1) is 12.8 Å². The molecule has 1 amide bonds. The van der Waals surface area contributed by atoms with Gasteiger partial charge in [-0.05, 0) is 43.0 Å². The Bertz CT molecular complexity index is 833. The standard InChI is InChI=1S/C22H29N5O2/c1-17-6-5-11-27(16-17)21-10-9-18(23-24-21)22(28)26-14-12-25(13-15-26)19-7-3-4-8-20(19)29-2/h3-4,7-10,17H,5-6,11-16H2,1-2H3. The SMILES string of the molecule is COc1ccccc1N1CCN(C(=O)c2ccc(N3CCCC(C)C3)nn2)CC1. The van der Waals surface area contributed by atoms with Gasteiger partial charge in [-0.15, -0.1) is 10.2 Å². The van der Waals surface area contributed by atoms with Gasteiger partial charge in [0.2, 0.25) is 0 Å². The van der Waals surface area contributed by atoms with Gasteiger partial charge in [0.25, 0.3) is 5.91 Å². The molecular weight excluding hydrogens is 366 g/mol.